The predicted molar refractivity (Wildman–Crippen MR) is 27.3 cm³/mol. The van der Waals surface area contributed by atoms with E-state index in [-0.39, 0.29) is 33.9 Å². The van der Waals surface area contributed by atoms with E-state index in [0.29, 0.717) is 0 Å². The second-order valence-electron chi connectivity index (χ2n) is 0.432. The fourth-order valence-corrected chi connectivity index (χ4v) is 0. The van der Waals surface area contributed by atoms with E-state index in [2.05, 4.69) is 36.1 Å². The summed E-state index contributed by atoms with van der Waals surface area (Å²) in [6.07, 6.45) is 0. The third-order valence-corrected chi connectivity index (χ3v) is 0.354. The molecule has 0 aromatic rings. The van der Waals surface area contributed by atoms with Crippen LogP contribution in [0, 0.1) is 0 Å². The summed E-state index contributed by atoms with van der Waals surface area (Å²) in [6, 6.07) is 0. The van der Waals surface area contributed by atoms with Gasteiger partial charge in [0, 0.05) is 0 Å². The Kier molecular flexibility index (Phi) is 10.3. The Labute approximate surface area is 69.5 Å². The molecule has 0 atom stereocenters. The molecule has 0 saturated heterocycles. The number of nitrogens with two attached hydrogens (primary N) is 1. The van der Waals surface area contributed by atoms with Gasteiger partial charge in [-0.15, -0.1) is 0 Å². The molecule has 0 spiro atoms. The van der Waals surface area contributed by atoms with E-state index in [4.69, 9.17) is 0 Å². The zero-order valence-electron chi connectivity index (χ0n) is 3.39. The number of thiocarbonyl (C=S) groups is 1. The van der Waals surface area contributed by atoms with Crippen LogP contribution in [-0.4, -0.2) is 4.32 Å². The van der Waals surface area contributed by atoms with Crippen molar-refractivity contribution in [3.8, 4) is 0 Å². The van der Waals surface area contributed by atoms with Crippen LogP contribution in [-0.2, 0) is 12.6 Å². The first-order valence-corrected chi connectivity index (χ1v) is 1.76. The van der Waals surface area contributed by atoms with Crippen molar-refractivity contribution < 1.29 is 29.6 Å². The molecular formula is CH3N2NaS2. The first-order valence-electron chi connectivity index (χ1n) is 0.947. The summed E-state index contributed by atoms with van der Waals surface area (Å²) in [5.41, 5.74) is 2.07. The summed E-state index contributed by atoms with van der Waals surface area (Å²) in [4.78, 5) is 0. The summed E-state index contributed by atoms with van der Waals surface area (Å²) in [6.45, 7) is 0. The predicted octanol–water partition coefficient (Wildman–Crippen LogP) is -3.71. The van der Waals surface area contributed by atoms with E-state index in [1.54, 1.807) is 0 Å². The summed E-state index contributed by atoms with van der Waals surface area (Å²) < 4.78 is 0.199. The van der Waals surface area contributed by atoms with Crippen LogP contribution in [0.3, 0.4) is 0 Å². The molecule has 0 fully saturated rings. The second-order valence-corrected chi connectivity index (χ2v) is 1.51. The molecule has 0 saturated carbocycles. The van der Waals surface area contributed by atoms with Gasteiger partial charge in [-0.2, -0.15) is 0 Å². The van der Waals surface area contributed by atoms with Crippen LogP contribution in [0.5, 0.6) is 0 Å². The molecular weight excluding hydrogens is 127 g/mol. The minimum atomic E-state index is 0. The maximum absolute atomic E-state index is 4.68. The van der Waals surface area contributed by atoms with Gasteiger partial charge in [0.05, 0.1) is 0 Å². The second kappa shape index (κ2) is 6.07. The molecule has 0 aromatic heterocycles. The zero-order valence-corrected chi connectivity index (χ0v) is 7.03. The van der Waals surface area contributed by atoms with Crippen molar-refractivity contribution in [2.75, 3.05) is 0 Å². The number of hydrogen-bond acceptors (Lipinski definition) is 3. The van der Waals surface area contributed by atoms with Gasteiger partial charge in [-0.25, -0.2) is 0 Å². The van der Waals surface area contributed by atoms with Gasteiger partial charge in [0.1, 0.15) is 0 Å². The van der Waals surface area contributed by atoms with E-state index in [1.165, 1.54) is 0 Å². The average Bonchev–Trinajstić information content (AvgIpc) is 1.38. The first-order chi connectivity index (χ1) is 2.27. The van der Waals surface area contributed by atoms with Crippen molar-refractivity contribution in [1.29, 1.82) is 0 Å². The number of nitrogens with one attached hydrogen (secondary N) is 1. The van der Waals surface area contributed by atoms with Gasteiger partial charge >= 0.3 is 29.6 Å². The topological polar surface area (TPSA) is 38.0 Å². The first kappa shape index (κ1) is 10.1. The number of hydrogen-bond donors (Lipinski definition) is 2. The Balaban J connectivity index is 0. The van der Waals surface area contributed by atoms with E-state index in [9.17, 15) is 0 Å². The Morgan fingerprint density at radius 1 is 1.83 bits per heavy atom. The smallest absolute Gasteiger partial charge is 0.410 e. The molecule has 2 nitrogen and oxygen atoms in total. The Bertz CT molecular complexity index is 46.8. The maximum atomic E-state index is 4.68. The van der Waals surface area contributed by atoms with Gasteiger partial charge in [-0.05, 0) is 0 Å². The third-order valence-electron chi connectivity index (χ3n) is 0.118. The van der Waals surface area contributed by atoms with Crippen molar-refractivity contribution in [3.05, 3.63) is 0 Å². The van der Waals surface area contributed by atoms with E-state index in [1.807, 2.05) is 0 Å². The quantitative estimate of drug-likeness (QED) is 0.116. The van der Waals surface area contributed by atoms with Gasteiger partial charge < -0.3 is 30.3 Å². The molecule has 0 amide bonds. The van der Waals surface area contributed by atoms with Crippen LogP contribution in [0.25, 0.3) is 0 Å². The molecule has 0 aliphatic rings. The van der Waals surface area contributed by atoms with E-state index in [0.717, 1.165) is 0 Å². The number of rotatable bonds is 0. The Morgan fingerprint density at radius 2 is 2.00 bits per heavy atom. The summed E-state index contributed by atoms with van der Waals surface area (Å²) >= 11 is 8.55. The number of hydrazine groups is 1. The monoisotopic (exact) mass is 130 g/mol. The fraction of sp³-hybridized carbons (Fsp3) is 0. The summed E-state index contributed by atoms with van der Waals surface area (Å²) in [7, 11) is 0. The van der Waals surface area contributed by atoms with Gasteiger partial charge in [0.15, 0.2) is 0 Å². The van der Waals surface area contributed by atoms with E-state index >= 15 is 0 Å². The van der Waals surface area contributed by atoms with Crippen LogP contribution in [0.4, 0.5) is 0 Å². The van der Waals surface area contributed by atoms with Gasteiger partial charge in [-0.3, -0.25) is 5.84 Å². The summed E-state index contributed by atoms with van der Waals surface area (Å²) in [5, 5.41) is 0. The SMILES string of the molecule is NNC(=S)[S-].[Na+]. The molecule has 0 bridgehead atoms. The zero-order chi connectivity index (χ0) is 4.28. The van der Waals surface area contributed by atoms with Crippen LogP contribution in [0.15, 0.2) is 0 Å². The van der Waals surface area contributed by atoms with Crippen LogP contribution in [0.1, 0.15) is 0 Å². The van der Waals surface area contributed by atoms with Crippen molar-refractivity contribution in [2.45, 2.75) is 0 Å². The normalized spacial score (nSPS) is 5.50. The molecule has 0 aliphatic carbocycles. The van der Waals surface area contributed by atoms with Gasteiger partial charge in [0.25, 0.3) is 0 Å². The van der Waals surface area contributed by atoms with E-state index < -0.39 is 0 Å². The molecule has 6 heavy (non-hydrogen) atoms. The van der Waals surface area contributed by atoms with Crippen molar-refractivity contribution in [2.24, 2.45) is 5.84 Å². The standard InChI is InChI=1S/CH4N2S2.Na/c2-3-1(4)5;/h2H2,(H2,3,4,5);/q;+1/p-1. The van der Waals surface area contributed by atoms with Crippen molar-refractivity contribution >= 4 is 29.2 Å². The third kappa shape index (κ3) is 8.91. The maximum Gasteiger partial charge on any atom is 1.00 e. The molecule has 0 heterocycles. The molecule has 30 valence electrons. The van der Waals surface area contributed by atoms with Crippen LogP contribution in [0.2, 0.25) is 0 Å². The van der Waals surface area contributed by atoms with Gasteiger partial charge in [0.2, 0.25) is 0 Å². The minimum absolute atomic E-state index is 0. The molecule has 0 radical (unpaired) electrons. The average molecular weight is 130 g/mol. The van der Waals surface area contributed by atoms with Crippen LogP contribution < -0.4 is 40.8 Å². The molecule has 0 aliphatic heterocycles. The molecule has 0 rings (SSSR count). The largest absolute Gasteiger partial charge is 1.00 e. The Morgan fingerprint density at radius 3 is 2.00 bits per heavy atom. The summed E-state index contributed by atoms with van der Waals surface area (Å²) in [5.74, 6) is 4.68. The fourth-order valence-electron chi connectivity index (χ4n) is 0. The van der Waals surface area contributed by atoms with Crippen LogP contribution >= 0.6 is 12.2 Å². The molecule has 0 aromatic carbocycles. The Hall–Kier alpha value is 1.07. The molecule has 0 unspecified atom stereocenters. The van der Waals surface area contributed by atoms with Gasteiger partial charge in [-0.1, -0.05) is 4.32 Å². The van der Waals surface area contributed by atoms with Crippen molar-refractivity contribution in [1.82, 2.24) is 5.43 Å². The minimum Gasteiger partial charge on any atom is -0.410 e. The molecule has 3 N–H and O–H groups in total. The molecule has 5 heteroatoms. The van der Waals surface area contributed by atoms with Crippen molar-refractivity contribution in [3.63, 3.8) is 0 Å².